The summed E-state index contributed by atoms with van der Waals surface area (Å²) in [5.41, 5.74) is 10.3. The van der Waals surface area contributed by atoms with Crippen LogP contribution in [0.1, 0.15) is 45.2 Å². The minimum atomic E-state index is 0. The van der Waals surface area contributed by atoms with Crippen LogP contribution < -0.4 is 5.73 Å². The highest BCUT2D eigenvalue weighted by molar-refractivity contribution is 6.08. The van der Waals surface area contributed by atoms with Gasteiger partial charge in [0, 0.05) is 34.4 Å². The molecule has 2 aromatic carbocycles. The Bertz CT molecular complexity index is 789. The number of hydrogen-bond donors (Lipinski definition) is 1. The van der Waals surface area contributed by atoms with Gasteiger partial charge in [0.25, 0.3) is 0 Å². The number of rotatable bonds is 5. The lowest BCUT2D eigenvalue weighted by Crippen LogP contribution is -2.11. The molecular weight excluding hydrogens is 304 g/mol. The summed E-state index contributed by atoms with van der Waals surface area (Å²) in [5.74, 6) is 0.705. The van der Waals surface area contributed by atoms with Crippen molar-refractivity contribution >= 4 is 34.2 Å². The summed E-state index contributed by atoms with van der Waals surface area (Å²) in [5, 5.41) is 2.66. The number of fused-ring (bicyclic) bond motifs is 3. The summed E-state index contributed by atoms with van der Waals surface area (Å²) in [7, 11) is 0. The van der Waals surface area contributed by atoms with E-state index >= 15 is 0 Å². The average molecular weight is 331 g/mol. The maximum Gasteiger partial charge on any atom is 0.0491 e. The molecule has 0 saturated carbocycles. The molecule has 0 aliphatic rings. The van der Waals surface area contributed by atoms with Gasteiger partial charge in [-0.3, -0.25) is 0 Å². The first-order chi connectivity index (χ1) is 10.6. The van der Waals surface area contributed by atoms with Crippen molar-refractivity contribution in [3.8, 4) is 0 Å². The molecule has 0 spiro atoms. The predicted octanol–water partition coefficient (Wildman–Crippen LogP) is 5.67. The van der Waals surface area contributed by atoms with Gasteiger partial charge < -0.3 is 10.3 Å². The van der Waals surface area contributed by atoms with E-state index in [9.17, 15) is 0 Å². The molecular formula is C20H27ClN2. The monoisotopic (exact) mass is 330 g/mol. The van der Waals surface area contributed by atoms with E-state index in [1.807, 2.05) is 0 Å². The normalized spacial score (nSPS) is 12.7. The van der Waals surface area contributed by atoms with Crippen LogP contribution in [0.25, 0.3) is 21.8 Å². The number of para-hydroxylation sites is 1. The van der Waals surface area contributed by atoms with Crippen molar-refractivity contribution in [1.82, 2.24) is 4.57 Å². The van der Waals surface area contributed by atoms with Crippen LogP contribution in [0.2, 0.25) is 0 Å². The first-order valence-corrected chi connectivity index (χ1v) is 8.38. The topological polar surface area (TPSA) is 30.9 Å². The van der Waals surface area contributed by atoms with E-state index in [0.29, 0.717) is 5.92 Å². The van der Waals surface area contributed by atoms with Gasteiger partial charge >= 0.3 is 0 Å². The molecule has 0 saturated heterocycles. The lowest BCUT2D eigenvalue weighted by atomic mass is 9.97. The Hall–Kier alpha value is -1.51. The Morgan fingerprint density at radius 1 is 0.957 bits per heavy atom. The molecule has 0 aliphatic carbocycles. The highest BCUT2D eigenvalue weighted by atomic mass is 35.5. The molecule has 3 heteroatoms. The van der Waals surface area contributed by atoms with Crippen molar-refractivity contribution in [2.75, 3.05) is 0 Å². The second kappa shape index (κ2) is 7.37. The van der Waals surface area contributed by atoms with Gasteiger partial charge in [-0.05, 0) is 49.4 Å². The van der Waals surface area contributed by atoms with Crippen molar-refractivity contribution < 1.29 is 0 Å². The van der Waals surface area contributed by atoms with E-state index in [0.717, 1.165) is 13.0 Å². The summed E-state index contributed by atoms with van der Waals surface area (Å²) in [6, 6.07) is 15.5. The molecule has 0 amide bonds. The number of nitrogens with two attached hydrogens (primary N) is 1. The number of hydrogen-bond acceptors (Lipinski definition) is 1. The molecule has 1 aromatic heterocycles. The molecule has 3 rings (SSSR count). The maximum absolute atomic E-state index is 6.41. The third-order valence-corrected chi connectivity index (χ3v) is 4.60. The number of benzene rings is 2. The Kier molecular flexibility index (Phi) is 5.72. The highest BCUT2D eigenvalue weighted by Gasteiger charge is 2.12. The third-order valence-electron chi connectivity index (χ3n) is 4.60. The first-order valence-electron chi connectivity index (χ1n) is 8.38. The molecule has 1 atom stereocenters. The molecule has 0 fully saturated rings. The molecule has 3 aromatic rings. The highest BCUT2D eigenvalue weighted by Crippen LogP contribution is 2.31. The standard InChI is InChI=1S/C20H26N2.ClH/c1-4-22-19-8-6-5-7-16(19)17-13-15(10-12-20(17)22)18(21)11-9-14(2)3;/h5-8,10,12-14,18H,4,9,11,21H2,1-3H3;1H/t18-;/m1./s1. The number of aryl methyl sites for hydroxylation is 1. The Balaban J connectivity index is 0.00000192. The Labute approximate surface area is 145 Å². The average Bonchev–Trinajstić information content (AvgIpc) is 2.85. The Morgan fingerprint density at radius 3 is 2.35 bits per heavy atom. The summed E-state index contributed by atoms with van der Waals surface area (Å²) in [4.78, 5) is 0. The second-order valence-corrected chi connectivity index (χ2v) is 6.62. The van der Waals surface area contributed by atoms with Crippen LogP contribution in [0.5, 0.6) is 0 Å². The van der Waals surface area contributed by atoms with E-state index < -0.39 is 0 Å². The van der Waals surface area contributed by atoms with Gasteiger partial charge in [-0.1, -0.05) is 38.1 Å². The molecule has 0 radical (unpaired) electrons. The van der Waals surface area contributed by atoms with E-state index in [1.165, 1.54) is 33.8 Å². The molecule has 2 nitrogen and oxygen atoms in total. The van der Waals surface area contributed by atoms with Gasteiger partial charge in [-0.2, -0.15) is 0 Å². The molecule has 0 unspecified atom stereocenters. The lowest BCUT2D eigenvalue weighted by Gasteiger charge is -2.14. The fraction of sp³-hybridized carbons (Fsp3) is 0.400. The van der Waals surface area contributed by atoms with Gasteiger partial charge in [0.15, 0.2) is 0 Å². The maximum atomic E-state index is 6.41. The largest absolute Gasteiger partial charge is 0.341 e. The van der Waals surface area contributed by atoms with Crippen molar-refractivity contribution in [3.63, 3.8) is 0 Å². The quantitative estimate of drug-likeness (QED) is 0.641. The number of halogens is 1. The molecule has 2 N–H and O–H groups in total. The van der Waals surface area contributed by atoms with Crippen LogP contribution >= 0.6 is 12.4 Å². The zero-order valence-corrected chi connectivity index (χ0v) is 15.1. The van der Waals surface area contributed by atoms with E-state index in [2.05, 4.69) is 67.8 Å². The third kappa shape index (κ3) is 3.39. The summed E-state index contributed by atoms with van der Waals surface area (Å²) >= 11 is 0. The van der Waals surface area contributed by atoms with Crippen molar-refractivity contribution in [3.05, 3.63) is 48.0 Å². The SMILES string of the molecule is CCn1c2ccccc2c2cc([C@H](N)CCC(C)C)ccc21.Cl. The molecule has 124 valence electrons. The summed E-state index contributed by atoms with van der Waals surface area (Å²) in [6.07, 6.45) is 2.23. The second-order valence-electron chi connectivity index (χ2n) is 6.62. The molecule has 0 aliphatic heterocycles. The summed E-state index contributed by atoms with van der Waals surface area (Å²) in [6.45, 7) is 7.70. The van der Waals surface area contributed by atoms with E-state index in [1.54, 1.807) is 0 Å². The Morgan fingerprint density at radius 2 is 1.65 bits per heavy atom. The van der Waals surface area contributed by atoms with Crippen molar-refractivity contribution in [1.29, 1.82) is 0 Å². The zero-order chi connectivity index (χ0) is 15.7. The smallest absolute Gasteiger partial charge is 0.0491 e. The minimum absolute atomic E-state index is 0. The van der Waals surface area contributed by atoms with E-state index in [4.69, 9.17) is 5.73 Å². The van der Waals surface area contributed by atoms with Gasteiger partial charge in [0.1, 0.15) is 0 Å². The lowest BCUT2D eigenvalue weighted by molar-refractivity contribution is 0.507. The van der Waals surface area contributed by atoms with Crippen LogP contribution in [0.15, 0.2) is 42.5 Å². The van der Waals surface area contributed by atoms with Gasteiger partial charge in [0.05, 0.1) is 0 Å². The fourth-order valence-electron chi connectivity index (χ4n) is 3.32. The van der Waals surface area contributed by atoms with Crippen LogP contribution in [0.3, 0.4) is 0 Å². The molecule has 1 heterocycles. The van der Waals surface area contributed by atoms with Crippen LogP contribution in [-0.2, 0) is 6.54 Å². The van der Waals surface area contributed by atoms with Gasteiger partial charge in [-0.15, -0.1) is 12.4 Å². The van der Waals surface area contributed by atoms with Crippen molar-refractivity contribution in [2.45, 2.75) is 46.2 Å². The molecule has 23 heavy (non-hydrogen) atoms. The number of aromatic nitrogens is 1. The fourth-order valence-corrected chi connectivity index (χ4v) is 3.32. The van der Waals surface area contributed by atoms with Crippen LogP contribution in [0, 0.1) is 5.92 Å². The predicted molar refractivity (Wildman–Crippen MR) is 103 cm³/mol. The first kappa shape index (κ1) is 17.8. The number of nitrogens with zero attached hydrogens (tertiary/aromatic N) is 1. The van der Waals surface area contributed by atoms with Gasteiger partial charge in [0.2, 0.25) is 0 Å². The minimum Gasteiger partial charge on any atom is -0.341 e. The van der Waals surface area contributed by atoms with Crippen LogP contribution in [0.4, 0.5) is 0 Å². The van der Waals surface area contributed by atoms with Gasteiger partial charge in [-0.25, -0.2) is 0 Å². The van der Waals surface area contributed by atoms with Crippen LogP contribution in [-0.4, -0.2) is 4.57 Å². The van der Waals surface area contributed by atoms with Crippen molar-refractivity contribution in [2.24, 2.45) is 11.7 Å². The zero-order valence-electron chi connectivity index (χ0n) is 14.3. The van der Waals surface area contributed by atoms with E-state index in [-0.39, 0.29) is 18.4 Å². The molecule has 0 bridgehead atoms. The summed E-state index contributed by atoms with van der Waals surface area (Å²) < 4.78 is 2.38.